The number of hydrogen-bond donors (Lipinski definition) is 2. The average molecular weight is 350 g/mol. The number of hydrogen-bond acceptors (Lipinski definition) is 3. The first-order chi connectivity index (χ1) is 10.9. The molecule has 0 spiro atoms. The van der Waals surface area contributed by atoms with Crippen LogP contribution >= 0.6 is 23.8 Å². The second-order valence-corrected chi connectivity index (χ2v) is 6.06. The number of benzene rings is 2. The van der Waals surface area contributed by atoms with Gasteiger partial charge in [-0.15, -0.1) is 0 Å². The van der Waals surface area contributed by atoms with E-state index in [1.165, 1.54) is 18.2 Å². The van der Waals surface area contributed by atoms with Crippen LogP contribution in [0.2, 0.25) is 5.02 Å². The zero-order chi connectivity index (χ0) is 17.0. The number of para-hydroxylation sites is 1. The van der Waals surface area contributed by atoms with Gasteiger partial charge in [0.1, 0.15) is 0 Å². The van der Waals surface area contributed by atoms with E-state index in [0.717, 1.165) is 11.3 Å². The summed E-state index contributed by atoms with van der Waals surface area (Å²) >= 11 is 11.3. The van der Waals surface area contributed by atoms with Crippen LogP contribution in [0.25, 0.3) is 0 Å². The third kappa shape index (κ3) is 4.40. The molecule has 0 aliphatic heterocycles. The van der Waals surface area contributed by atoms with Crippen LogP contribution in [0.3, 0.4) is 0 Å². The largest absolute Gasteiger partial charge is 0.332 e. The highest BCUT2D eigenvalue weighted by Crippen LogP contribution is 2.28. The van der Waals surface area contributed by atoms with Gasteiger partial charge in [0.2, 0.25) is 0 Å². The molecule has 0 aliphatic rings. The van der Waals surface area contributed by atoms with E-state index in [0.29, 0.717) is 21.7 Å². The number of rotatable bonds is 4. The van der Waals surface area contributed by atoms with Gasteiger partial charge in [0.15, 0.2) is 5.11 Å². The molecule has 0 saturated carbocycles. The molecule has 0 fully saturated rings. The second kappa shape index (κ2) is 7.39. The van der Waals surface area contributed by atoms with Crippen molar-refractivity contribution in [2.75, 3.05) is 10.6 Å². The second-order valence-electron chi connectivity index (χ2n) is 5.24. The molecule has 0 aliphatic carbocycles. The lowest BCUT2D eigenvalue weighted by atomic mass is 10.0. The first kappa shape index (κ1) is 17.2. The summed E-state index contributed by atoms with van der Waals surface area (Å²) in [5.74, 6) is 0.336. The summed E-state index contributed by atoms with van der Waals surface area (Å²) in [6.45, 7) is 4.18. The number of nitrogens with one attached hydrogen (secondary N) is 2. The molecular weight excluding hydrogens is 334 g/mol. The van der Waals surface area contributed by atoms with E-state index in [1.807, 2.05) is 24.3 Å². The Morgan fingerprint density at radius 1 is 1.17 bits per heavy atom. The van der Waals surface area contributed by atoms with Crippen LogP contribution in [0.15, 0.2) is 42.5 Å². The Kier molecular flexibility index (Phi) is 5.52. The maximum Gasteiger partial charge on any atom is 0.271 e. The maximum atomic E-state index is 10.8. The van der Waals surface area contributed by atoms with Crippen molar-refractivity contribution in [2.24, 2.45) is 0 Å². The van der Waals surface area contributed by atoms with Crippen LogP contribution < -0.4 is 10.6 Å². The van der Waals surface area contributed by atoms with Gasteiger partial charge in [0.25, 0.3) is 5.69 Å². The highest BCUT2D eigenvalue weighted by atomic mass is 35.5. The molecule has 2 rings (SSSR count). The van der Waals surface area contributed by atoms with Gasteiger partial charge in [-0.2, -0.15) is 0 Å². The SMILES string of the molecule is CC(C)c1ccccc1NC(=S)Nc1cc([N+](=O)[O-])ccc1Cl. The average Bonchev–Trinajstić information content (AvgIpc) is 2.49. The minimum Gasteiger partial charge on any atom is -0.332 e. The van der Waals surface area contributed by atoms with Crippen LogP contribution in [-0.4, -0.2) is 10.0 Å². The Morgan fingerprint density at radius 3 is 2.48 bits per heavy atom. The van der Waals surface area contributed by atoms with Gasteiger partial charge in [-0.25, -0.2) is 0 Å². The van der Waals surface area contributed by atoms with Crippen molar-refractivity contribution in [2.45, 2.75) is 19.8 Å². The van der Waals surface area contributed by atoms with E-state index in [9.17, 15) is 10.1 Å². The third-order valence-electron chi connectivity index (χ3n) is 3.24. The number of thiocarbonyl (C=S) groups is 1. The van der Waals surface area contributed by atoms with Crippen LogP contribution in [0, 0.1) is 10.1 Å². The fourth-order valence-electron chi connectivity index (χ4n) is 2.11. The fraction of sp³-hybridized carbons (Fsp3) is 0.188. The molecule has 7 heteroatoms. The van der Waals surface area contributed by atoms with Crippen LogP contribution in [0.5, 0.6) is 0 Å². The lowest BCUT2D eigenvalue weighted by Crippen LogP contribution is -2.20. The lowest BCUT2D eigenvalue weighted by Gasteiger charge is -2.16. The molecule has 0 amide bonds. The van der Waals surface area contributed by atoms with Gasteiger partial charge in [-0.3, -0.25) is 10.1 Å². The standard InChI is InChI=1S/C16H16ClN3O2S/c1-10(2)12-5-3-4-6-14(12)18-16(23)19-15-9-11(20(21)22)7-8-13(15)17/h3-10H,1-2H3,(H2,18,19,23). The number of halogens is 1. The summed E-state index contributed by atoms with van der Waals surface area (Å²) in [7, 11) is 0. The third-order valence-corrected chi connectivity index (χ3v) is 3.77. The van der Waals surface area contributed by atoms with Gasteiger partial charge in [0.05, 0.1) is 15.6 Å². The van der Waals surface area contributed by atoms with Crippen molar-refractivity contribution in [3.63, 3.8) is 0 Å². The summed E-state index contributed by atoms with van der Waals surface area (Å²) < 4.78 is 0. The van der Waals surface area contributed by atoms with E-state index in [2.05, 4.69) is 24.5 Å². The van der Waals surface area contributed by atoms with Crippen molar-refractivity contribution in [1.29, 1.82) is 0 Å². The molecule has 0 saturated heterocycles. The normalized spacial score (nSPS) is 10.4. The summed E-state index contributed by atoms with van der Waals surface area (Å²) in [4.78, 5) is 10.4. The first-order valence-corrected chi connectivity index (χ1v) is 7.78. The molecule has 0 aromatic heterocycles. The van der Waals surface area contributed by atoms with Crippen molar-refractivity contribution in [3.05, 3.63) is 63.2 Å². The molecule has 0 radical (unpaired) electrons. The molecule has 2 N–H and O–H groups in total. The van der Waals surface area contributed by atoms with Gasteiger partial charge in [-0.1, -0.05) is 43.6 Å². The Balaban J connectivity index is 2.18. The predicted octanol–water partition coefficient (Wildman–Crippen LogP) is 5.18. The Hall–Kier alpha value is -2.18. The number of anilines is 2. The molecule has 0 atom stereocenters. The van der Waals surface area contributed by atoms with Crippen molar-refractivity contribution < 1.29 is 4.92 Å². The van der Waals surface area contributed by atoms with Crippen LogP contribution in [0.1, 0.15) is 25.3 Å². The number of nitrogens with zero attached hydrogens (tertiary/aromatic N) is 1. The quantitative estimate of drug-likeness (QED) is 0.452. The molecule has 5 nitrogen and oxygen atoms in total. The summed E-state index contributed by atoms with van der Waals surface area (Å²) in [6.07, 6.45) is 0. The molecule has 2 aromatic carbocycles. The molecular formula is C16H16ClN3O2S. The zero-order valence-electron chi connectivity index (χ0n) is 12.7. The lowest BCUT2D eigenvalue weighted by molar-refractivity contribution is -0.384. The highest BCUT2D eigenvalue weighted by molar-refractivity contribution is 7.80. The van der Waals surface area contributed by atoms with Gasteiger partial charge < -0.3 is 10.6 Å². The van der Waals surface area contributed by atoms with E-state index in [-0.39, 0.29) is 5.69 Å². The van der Waals surface area contributed by atoms with E-state index in [1.54, 1.807) is 0 Å². The summed E-state index contributed by atoms with van der Waals surface area (Å²) in [5.41, 5.74) is 2.35. The van der Waals surface area contributed by atoms with Crippen LogP contribution in [0.4, 0.5) is 17.1 Å². The fourth-order valence-corrected chi connectivity index (χ4v) is 2.50. The Bertz CT molecular complexity index is 750. The van der Waals surface area contributed by atoms with Gasteiger partial charge in [0, 0.05) is 17.8 Å². The Morgan fingerprint density at radius 2 is 1.83 bits per heavy atom. The monoisotopic (exact) mass is 349 g/mol. The predicted molar refractivity (Wildman–Crippen MR) is 98.5 cm³/mol. The Labute approximate surface area is 144 Å². The molecule has 0 unspecified atom stereocenters. The summed E-state index contributed by atoms with van der Waals surface area (Å²) in [5, 5.41) is 17.5. The number of nitro benzene ring substituents is 1. The molecule has 23 heavy (non-hydrogen) atoms. The zero-order valence-corrected chi connectivity index (χ0v) is 14.2. The number of nitro groups is 1. The smallest absolute Gasteiger partial charge is 0.271 e. The van der Waals surface area contributed by atoms with E-state index < -0.39 is 4.92 Å². The minimum absolute atomic E-state index is 0.0534. The minimum atomic E-state index is -0.480. The molecule has 2 aromatic rings. The molecule has 0 bridgehead atoms. The highest BCUT2D eigenvalue weighted by Gasteiger charge is 2.12. The summed E-state index contributed by atoms with van der Waals surface area (Å²) in [6, 6.07) is 12.0. The van der Waals surface area contributed by atoms with Crippen molar-refractivity contribution in [3.8, 4) is 0 Å². The van der Waals surface area contributed by atoms with Gasteiger partial charge >= 0.3 is 0 Å². The maximum absolute atomic E-state index is 10.8. The van der Waals surface area contributed by atoms with Crippen molar-refractivity contribution >= 4 is 46.0 Å². The van der Waals surface area contributed by atoms with E-state index in [4.69, 9.17) is 23.8 Å². The topological polar surface area (TPSA) is 67.2 Å². The molecule has 120 valence electrons. The van der Waals surface area contributed by atoms with Crippen molar-refractivity contribution in [1.82, 2.24) is 0 Å². The van der Waals surface area contributed by atoms with Crippen LogP contribution in [-0.2, 0) is 0 Å². The van der Waals surface area contributed by atoms with Gasteiger partial charge in [-0.05, 0) is 35.8 Å². The number of non-ortho nitro benzene ring substituents is 1. The first-order valence-electron chi connectivity index (χ1n) is 6.99. The molecule has 0 heterocycles. The van der Waals surface area contributed by atoms with E-state index >= 15 is 0 Å².